The van der Waals surface area contributed by atoms with E-state index < -0.39 is 0 Å². The van der Waals surface area contributed by atoms with Crippen LogP contribution in [0.1, 0.15) is 0 Å². The van der Waals surface area contributed by atoms with Gasteiger partial charge in [-0.2, -0.15) is 0 Å². The van der Waals surface area contributed by atoms with Crippen molar-refractivity contribution in [3.63, 3.8) is 0 Å². The fraction of sp³-hybridized carbons (Fsp3) is 0. The van der Waals surface area contributed by atoms with Gasteiger partial charge in [-0.25, -0.2) is 0 Å². The minimum Gasteiger partial charge on any atom is -0.456 e. The lowest BCUT2D eigenvalue weighted by Gasteiger charge is -2.20. The molecule has 0 radical (unpaired) electrons. The Morgan fingerprint density at radius 2 is 0.313 bits per heavy atom. The molecule has 0 saturated carbocycles. The van der Waals surface area contributed by atoms with Crippen LogP contribution in [0.5, 0.6) is 0 Å². The average molecular weight is 1870 g/mol. The van der Waals surface area contributed by atoms with E-state index in [0.717, 1.165) is 76.9 Å². The van der Waals surface area contributed by atoms with Gasteiger partial charge >= 0.3 is 0 Å². The standard InChI is InChI=1S/3C48H30O/c1-2-18-37-31(12-1)13-11-24-38(37)34-15-10-17-36(29-34)48-42-22-5-3-20-40(42)47(41-21-4-6-23-43(41)48)35-16-9-14-32(28-35)33-26-27-46-44(30-33)39-19-7-8-25-45(39)49-46;1-2-15-37-32(11-1)12-10-21-38(37)35-13-9-14-36(29-35)48-42-19-5-3-17-40(42)47(41-18-4-6-20-43(41)48)33-25-23-31(24-26-33)34-27-28-46-44(30-34)39-16-7-8-22-45(39)49-46;1-2-18-34-31(14-1)15-12-26-35(34)32-16-11-17-33(30-32)46-39-22-5-7-24-41(39)47(42-25-8-6-23-40(42)46)38-21-4-3-19-36(38)43-27-13-28-44-37-20-9-10-29-45(37)49-48(43)44/h3*1-30H. The summed E-state index contributed by atoms with van der Waals surface area (Å²) in [6.45, 7) is 0. The highest BCUT2D eigenvalue weighted by atomic mass is 16.3. The molecule has 30 aromatic rings. The van der Waals surface area contributed by atoms with Crippen molar-refractivity contribution in [2.24, 2.45) is 0 Å². The van der Waals surface area contributed by atoms with Crippen LogP contribution >= 0.6 is 0 Å². The Hall–Kier alpha value is -19.3. The molecule has 0 atom stereocenters. The van der Waals surface area contributed by atoms with Gasteiger partial charge in [-0.3, -0.25) is 0 Å². The molecule has 0 aliphatic carbocycles. The first-order valence-electron chi connectivity index (χ1n) is 50.5. The summed E-state index contributed by atoms with van der Waals surface area (Å²) in [7, 11) is 0. The second kappa shape index (κ2) is 36.0. The van der Waals surface area contributed by atoms with Crippen LogP contribution < -0.4 is 0 Å². The highest BCUT2D eigenvalue weighted by Crippen LogP contribution is 2.53. The third-order valence-corrected chi connectivity index (χ3v) is 30.2. The number of rotatable bonds is 12. The molecule has 3 nitrogen and oxygen atoms in total. The lowest BCUT2D eigenvalue weighted by molar-refractivity contribution is 0.668. The quantitative estimate of drug-likeness (QED) is 0.114. The smallest absolute Gasteiger partial charge is 0.143 e. The Morgan fingerprint density at radius 3 is 0.694 bits per heavy atom. The molecular weight excluding hydrogens is 1780 g/mol. The molecule has 684 valence electrons. The van der Waals surface area contributed by atoms with Gasteiger partial charge in [0.2, 0.25) is 0 Å². The second-order valence-electron chi connectivity index (χ2n) is 38.4. The highest BCUT2D eigenvalue weighted by molar-refractivity contribution is 6.27. The average Bonchev–Trinajstić information content (AvgIpc) is 1.69. The van der Waals surface area contributed by atoms with E-state index in [1.54, 1.807) is 0 Å². The van der Waals surface area contributed by atoms with E-state index in [9.17, 15) is 0 Å². The first kappa shape index (κ1) is 85.6. The molecule has 0 saturated heterocycles. The third-order valence-electron chi connectivity index (χ3n) is 30.2. The van der Waals surface area contributed by atoms with Crippen molar-refractivity contribution < 1.29 is 13.3 Å². The zero-order valence-electron chi connectivity index (χ0n) is 80.2. The van der Waals surface area contributed by atoms with Gasteiger partial charge in [-0.1, -0.05) is 479 Å². The van der Waals surface area contributed by atoms with E-state index in [0.29, 0.717) is 0 Å². The molecule has 0 spiro atoms. The minimum atomic E-state index is 0.911. The molecule has 30 rings (SSSR count). The molecule has 3 heterocycles. The van der Waals surface area contributed by atoms with Gasteiger partial charge in [-0.15, -0.1) is 0 Å². The molecule has 3 aromatic heterocycles. The first-order chi connectivity index (χ1) is 72.9. The van der Waals surface area contributed by atoms with Crippen LogP contribution in [0.4, 0.5) is 0 Å². The van der Waals surface area contributed by atoms with Crippen LogP contribution in [0.3, 0.4) is 0 Å². The Morgan fingerprint density at radius 1 is 0.0952 bits per heavy atom. The molecule has 0 amide bonds. The van der Waals surface area contributed by atoms with Crippen LogP contribution in [0.2, 0.25) is 0 Å². The summed E-state index contributed by atoms with van der Waals surface area (Å²) >= 11 is 0. The number of furan rings is 3. The maximum atomic E-state index is 6.56. The largest absolute Gasteiger partial charge is 0.456 e. The summed E-state index contributed by atoms with van der Waals surface area (Å²) in [5, 5.41) is 29.4. The first-order valence-corrected chi connectivity index (χ1v) is 50.5. The molecule has 0 fully saturated rings. The maximum Gasteiger partial charge on any atom is 0.143 e. The zero-order valence-corrected chi connectivity index (χ0v) is 80.2. The lowest BCUT2D eigenvalue weighted by atomic mass is 9.83. The van der Waals surface area contributed by atoms with E-state index in [1.807, 2.05) is 30.3 Å². The maximum absolute atomic E-state index is 6.56. The van der Waals surface area contributed by atoms with Gasteiger partial charge in [0.05, 0.1) is 0 Å². The fourth-order valence-corrected chi connectivity index (χ4v) is 23.6. The Balaban J connectivity index is 0.000000107. The summed E-state index contributed by atoms with van der Waals surface area (Å²) in [4.78, 5) is 0. The SMILES string of the molecule is c1cc(-c2ccc3oc4ccccc4c3c2)cc(-c2c3ccccc3c(-c3cccc(-c4cccc5ccccc45)c3)c3ccccc23)c1.c1cc(-c2cccc3ccccc23)cc(-c2c3ccccc3c(-c3ccc(-c4ccc5oc6ccccc6c5c4)cc3)c3ccccc23)c1.c1cc(-c2cccc3ccccc23)cc(-c2c3ccccc3c(-c3ccccc3-c3cccc4c3oc3ccccc34)c3ccccc23)c1. The van der Waals surface area contributed by atoms with E-state index in [4.69, 9.17) is 13.3 Å². The van der Waals surface area contributed by atoms with Crippen molar-refractivity contribution in [2.75, 3.05) is 0 Å². The van der Waals surface area contributed by atoms with Crippen molar-refractivity contribution in [2.45, 2.75) is 0 Å². The third kappa shape index (κ3) is 14.9. The monoisotopic (exact) mass is 1870 g/mol. The van der Waals surface area contributed by atoms with Gasteiger partial charge in [0.25, 0.3) is 0 Å². The predicted octanol–water partition coefficient (Wildman–Crippen LogP) is 41.1. The van der Waals surface area contributed by atoms with Crippen LogP contribution in [-0.2, 0) is 0 Å². The molecule has 0 bridgehead atoms. The summed E-state index contributed by atoms with van der Waals surface area (Å²) in [6, 6.07) is 198. The topological polar surface area (TPSA) is 39.4 Å². The van der Waals surface area contributed by atoms with Gasteiger partial charge < -0.3 is 13.3 Å². The van der Waals surface area contributed by atoms with Crippen LogP contribution in [0, 0.1) is 0 Å². The normalized spacial score (nSPS) is 11.7. The second-order valence-corrected chi connectivity index (χ2v) is 38.4. The molecule has 147 heavy (non-hydrogen) atoms. The molecule has 0 N–H and O–H groups in total. The Kier molecular flexibility index (Phi) is 21.0. The van der Waals surface area contributed by atoms with Gasteiger partial charge in [-0.05, 0) is 292 Å². The van der Waals surface area contributed by atoms with E-state index in [1.165, 1.54) is 219 Å². The van der Waals surface area contributed by atoms with Crippen molar-refractivity contribution in [3.8, 4) is 134 Å². The summed E-state index contributed by atoms with van der Waals surface area (Å²) in [5.74, 6) is 0. The predicted molar refractivity (Wildman–Crippen MR) is 624 cm³/mol. The fourth-order valence-electron chi connectivity index (χ4n) is 23.6. The van der Waals surface area contributed by atoms with Crippen molar-refractivity contribution in [3.05, 3.63) is 546 Å². The summed E-state index contributed by atoms with van der Waals surface area (Å²) in [6.07, 6.45) is 0. The number of para-hydroxylation sites is 4. The van der Waals surface area contributed by atoms with E-state index in [-0.39, 0.29) is 0 Å². The number of fused-ring (bicyclic) bond motifs is 18. The molecule has 0 unspecified atom stereocenters. The Labute approximate surface area is 849 Å². The van der Waals surface area contributed by atoms with E-state index >= 15 is 0 Å². The van der Waals surface area contributed by atoms with Crippen LogP contribution in [-0.4, -0.2) is 0 Å². The van der Waals surface area contributed by atoms with Crippen LogP contribution in [0.15, 0.2) is 559 Å². The van der Waals surface area contributed by atoms with Crippen LogP contribution in [0.25, 0.3) is 296 Å². The number of hydrogen-bond donors (Lipinski definition) is 0. The number of benzene rings is 27. The molecular formula is C144H90O3. The van der Waals surface area contributed by atoms with Crippen molar-refractivity contribution in [1.82, 2.24) is 0 Å². The number of hydrogen-bond acceptors (Lipinski definition) is 3. The molecule has 3 heteroatoms. The summed E-state index contributed by atoms with van der Waals surface area (Å²) in [5.41, 5.74) is 34.8. The lowest BCUT2D eigenvalue weighted by Crippen LogP contribution is -1.93. The van der Waals surface area contributed by atoms with Crippen molar-refractivity contribution in [1.29, 1.82) is 0 Å². The molecule has 27 aromatic carbocycles. The zero-order chi connectivity index (χ0) is 96.9. The van der Waals surface area contributed by atoms with Crippen molar-refractivity contribution >= 4 is 163 Å². The highest BCUT2D eigenvalue weighted by Gasteiger charge is 2.26. The summed E-state index contributed by atoms with van der Waals surface area (Å²) < 4.78 is 18.8. The van der Waals surface area contributed by atoms with E-state index in [2.05, 4.69) is 516 Å². The molecule has 0 aliphatic heterocycles. The van der Waals surface area contributed by atoms with Gasteiger partial charge in [0.1, 0.15) is 33.5 Å². The van der Waals surface area contributed by atoms with Gasteiger partial charge in [0, 0.05) is 37.9 Å². The minimum absolute atomic E-state index is 0.911. The Bertz CT molecular complexity index is 10400. The molecule has 0 aliphatic rings. The van der Waals surface area contributed by atoms with Gasteiger partial charge in [0.15, 0.2) is 0 Å².